The molecule has 1 aliphatic heterocycles. The molecule has 1 saturated carbocycles. The third-order valence-electron chi connectivity index (χ3n) is 5.59. The van der Waals surface area contributed by atoms with Crippen LogP contribution in [0.5, 0.6) is 0 Å². The number of nitrogens with one attached hydrogen (secondary N) is 1. The molecule has 164 valence electrons. The monoisotopic (exact) mass is 417 g/mol. The Morgan fingerprint density at radius 3 is 2.57 bits per heavy atom. The first-order valence-corrected chi connectivity index (χ1v) is 10.7. The number of allylic oxidation sites excluding steroid dienone is 1. The van der Waals surface area contributed by atoms with E-state index in [2.05, 4.69) is 5.32 Å². The molecule has 0 bridgehead atoms. The van der Waals surface area contributed by atoms with Crippen molar-refractivity contribution in [2.45, 2.75) is 63.2 Å². The van der Waals surface area contributed by atoms with Gasteiger partial charge in [0.05, 0.1) is 19.3 Å². The van der Waals surface area contributed by atoms with E-state index in [9.17, 15) is 9.59 Å². The number of carbonyl (C=O) groups excluding carboxylic acids is 2. The summed E-state index contributed by atoms with van der Waals surface area (Å²) in [6, 6.07) is 7.38. The molecule has 2 aliphatic rings. The molecule has 1 aromatic rings. The van der Waals surface area contributed by atoms with Crippen LogP contribution in [0.1, 0.15) is 66.8 Å². The minimum Gasteiger partial charge on any atom is -0.465 e. The molecule has 7 nitrogen and oxygen atoms in total. The standard InChI is InChI=1S/C23H31NO6/c1-28-23(27)17-10-8-16(9-11-17)18-14-20(22(26)24-19-6-2-3-7-19)30-21(15-18)29-13-5-4-12-25/h8-11,14,18-19,21,25H,2-7,12-13,15H2,1H3,(H,24,26)/t18-,21+/m0/s1. The minimum absolute atomic E-state index is 0.0717. The number of hydrogen-bond acceptors (Lipinski definition) is 6. The van der Waals surface area contributed by atoms with Gasteiger partial charge in [-0.3, -0.25) is 4.79 Å². The molecule has 0 unspecified atom stereocenters. The Labute approximate surface area is 177 Å². The summed E-state index contributed by atoms with van der Waals surface area (Å²) < 4.78 is 16.5. The van der Waals surface area contributed by atoms with E-state index < -0.39 is 6.29 Å². The minimum atomic E-state index is -0.539. The second kappa shape index (κ2) is 11.1. The normalized spacial score (nSPS) is 21.6. The number of benzene rings is 1. The SMILES string of the molecule is COC(=O)c1ccc([C@H]2C=C(C(=O)NC3CCCC3)O[C@@H](OCCCCO)C2)cc1. The van der Waals surface area contributed by atoms with Gasteiger partial charge >= 0.3 is 5.97 Å². The predicted molar refractivity (Wildman–Crippen MR) is 111 cm³/mol. The molecule has 7 heteroatoms. The van der Waals surface area contributed by atoms with E-state index in [4.69, 9.17) is 19.3 Å². The van der Waals surface area contributed by atoms with E-state index in [0.717, 1.165) is 37.7 Å². The molecule has 0 radical (unpaired) electrons. The first kappa shape index (κ1) is 22.3. The lowest BCUT2D eigenvalue weighted by Crippen LogP contribution is -2.37. The fraction of sp³-hybridized carbons (Fsp3) is 0.565. The van der Waals surface area contributed by atoms with Crippen LogP contribution in [0.2, 0.25) is 0 Å². The van der Waals surface area contributed by atoms with Gasteiger partial charge in [0.25, 0.3) is 5.91 Å². The molecule has 1 aliphatic carbocycles. The van der Waals surface area contributed by atoms with E-state index in [1.807, 2.05) is 18.2 Å². The van der Waals surface area contributed by atoms with Crippen LogP contribution >= 0.6 is 0 Å². The highest BCUT2D eigenvalue weighted by atomic mass is 16.7. The van der Waals surface area contributed by atoms with Crippen LogP contribution < -0.4 is 5.32 Å². The number of aliphatic hydroxyl groups excluding tert-OH is 1. The topological polar surface area (TPSA) is 94.1 Å². The van der Waals surface area contributed by atoms with Crippen molar-refractivity contribution in [1.29, 1.82) is 0 Å². The largest absolute Gasteiger partial charge is 0.465 e. The fourth-order valence-electron chi connectivity index (χ4n) is 3.89. The third-order valence-corrected chi connectivity index (χ3v) is 5.59. The van der Waals surface area contributed by atoms with Crippen LogP contribution in [0.3, 0.4) is 0 Å². The lowest BCUT2D eigenvalue weighted by atomic mass is 9.92. The van der Waals surface area contributed by atoms with E-state index in [-0.39, 0.29) is 36.2 Å². The van der Waals surface area contributed by atoms with Crippen LogP contribution in [0.4, 0.5) is 0 Å². The summed E-state index contributed by atoms with van der Waals surface area (Å²) in [6.07, 6.45) is 7.52. The van der Waals surface area contributed by atoms with Crippen molar-refractivity contribution in [3.05, 3.63) is 47.2 Å². The second-order valence-electron chi connectivity index (χ2n) is 7.79. The van der Waals surface area contributed by atoms with Crippen molar-refractivity contribution in [3.8, 4) is 0 Å². The fourth-order valence-corrected chi connectivity index (χ4v) is 3.89. The number of unbranched alkanes of at least 4 members (excludes halogenated alkanes) is 1. The predicted octanol–water partition coefficient (Wildman–Crippen LogP) is 3.04. The van der Waals surface area contributed by atoms with Gasteiger partial charge in [-0.25, -0.2) is 4.79 Å². The second-order valence-corrected chi connectivity index (χ2v) is 7.79. The van der Waals surface area contributed by atoms with Crippen LogP contribution in [0.15, 0.2) is 36.1 Å². The van der Waals surface area contributed by atoms with Gasteiger partial charge in [-0.2, -0.15) is 0 Å². The Morgan fingerprint density at radius 1 is 1.17 bits per heavy atom. The Kier molecular flexibility index (Phi) is 8.28. The van der Waals surface area contributed by atoms with Crippen molar-refractivity contribution in [2.24, 2.45) is 0 Å². The number of rotatable bonds is 9. The molecule has 0 saturated heterocycles. The van der Waals surface area contributed by atoms with Crippen molar-refractivity contribution in [1.82, 2.24) is 5.32 Å². The Bertz CT molecular complexity index is 739. The Morgan fingerprint density at radius 2 is 1.90 bits per heavy atom. The van der Waals surface area contributed by atoms with Gasteiger partial charge < -0.3 is 24.6 Å². The summed E-state index contributed by atoms with van der Waals surface area (Å²) in [5.41, 5.74) is 1.45. The van der Waals surface area contributed by atoms with Crippen LogP contribution in [-0.2, 0) is 19.0 Å². The number of esters is 1. The summed E-state index contributed by atoms with van der Waals surface area (Å²) in [5.74, 6) is -0.382. The lowest BCUT2D eigenvalue weighted by Gasteiger charge is -2.30. The number of hydrogen-bond donors (Lipinski definition) is 2. The molecule has 0 spiro atoms. The van der Waals surface area contributed by atoms with Gasteiger partial charge in [0, 0.05) is 25.0 Å². The summed E-state index contributed by atoms with van der Waals surface area (Å²) in [5, 5.41) is 12.0. The summed E-state index contributed by atoms with van der Waals surface area (Å²) in [4.78, 5) is 24.5. The lowest BCUT2D eigenvalue weighted by molar-refractivity contribution is -0.146. The van der Waals surface area contributed by atoms with E-state index >= 15 is 0 Å². The van der Waals surface area contributed by atoms with Gasteiger partial charge in [-0.05, 0) is 49.5 Å². The van der Waals surface area contributed by atoms with E-state index in [0.29, 0.717) is 25.0 Å². The number of methoxy groups -OCH3 is 1. The molecule has 1 heterocycles. The molecular weight excluding hydrogens is 386 g/mol. The number of ether oxygens (including phenoxy) is 3. The average molecular weight is 418 g/mol. The highest BCUT2D eigenvalue weighted by Crippen LogP contribution is 2.32. The van der Waals surface area contributed by atoms with E-state index in [1.54, 1.807) is 12.1 Å². The van der Waals surface area contributed by atoms with Crippen molar-refractivity contribution in [3.63, 3.8) is 0 Å². The zero-order chi connectivity index (χ0) is 21.3. The van der Waals surface area contributed by atoms with Gasteiger partial charge in [-0.1, -0.05) is 25.0 Å². The maximum atomic E-state index is 12.8. The first-order chi connectivity index (χ1) is 14.6. The third kappa shape index (κ3) is 6.06. The van der Waals surface area contributed by atoms with E-state index in [1.165, 1.54) is 7.11 Å². The highest BCUT2D eigenvalue weighted by Gasteiger charge is 2.30. The molecule has 1 amide bonds. The molecule has 2 atom stereocenters. The highest BCUT2D eigenvalue weighted by molar-refractivity contribution is 5.92. The van der Waals surface area contributed by atoms with Gasteiger partial charge in [0.15, 0.2) is 5.76 Å². The van der Waals surface area contributed by atoms with Crippen molar-refractivity contribution < 1.29 is 28.9 Å². The molecule has 1 fully saturated rings. The maximum Gasteiger partial charge on any atom is 0.337 e. The van der Waals surface area contributed by atoms with Gasteiger partial charge in [-0.15, -0.1) is 0 Å². The van der Waals surface area contributed by atoms with Crippen molar-refractivity contribution in [2.75, 3.05) is 20.3 Å². The number of aliphatic hydroxyl groups is 1. The molecular formula is C23H31NO6. The quantitative estimate of drug-likeness (QED) is 0.474. The molecule has 0 aromatic heterocycles. The summed E-state index contributed by atoms with van der Waals surface area (Å²) in [7, 11) is 1.35. The summed E-state index contributed by atoms with van der Waals surface area (Å²) in [6.45, 7) is 0.579. The maximum absolute atomic E-state index is 12.8. The molecule has 1 aromatic carbocycles. The first-order valence-electron chi connectivity index (χ1n) is 10.7. The smallest absolute Gasteiger partial charge is 0.337 e. The number of carbonyl (C=O) groups is 2. The van der Waals surface area contributed by atoms with Crippen LogP contribution in [0, 0.1) is 0 Å². The Balaban J connectivity index is 1.72. The van der Waals surface area contributed by atoms with Gasteiger partial charge in [0.2, 0.25) is 6.29 Å². The van der Waals surface area contributed by atoms with Crippen molar-refractivity contribution >= 4 is 11.9 Å². The van der Waals surface area contributed by atoms with Gasteiger partial charge in [0.1, 0.15) is 0 Å². The molecule has 2 N–H and O–H groups in total. The van der Waals surface area contributed by atoms with Crippen LogP contribution in [0.25, 0.3) is 0 Å². The zero-order valence-corrected chi connectivity index (χ0v) is 17.5. The number of amides is 1. The average Bonchev–Trinajstić information content (AvgIpc) is 3.29. The zero-order valence-electron chi connectivity index (χ0n) is 17.5. The molecule has 3 rings (SSSR count). The molecule has 30 heavy (non-hydrogen) atoms. The Hall–Kier alpha value is -2.38. The van der Waals surface area contributed by atoms with Crippen LogP contribution in [-0.4, -0.2) is 49.6 Å². The summed E-state index contributed by atoms with van der Waals surface area (Å²) >= 11 is 0.